The summed E-state index contributed by atoms with van der Waals surface area (Å²) in [5, 5.41) is 1.82. The molecular formula is C22H18F2N4O3S3. The lowest BCUT2D eigenvalue weighted by Crippen LogP contribution is -2.47. The van der Waals surface area contributed by atoms with Crippen LogP contribution in [0.25, 0.3) is 10.2 Å². The molecule has 5 rings (SSSR count). The van der Waals surface area contributed by atoms with Crippen LogP contribution in [-0.4, -0.2) is 41.2 Å². The van der Waals surface area contributed by atoms with Gasteiger partial charge in [-0.25, -0.2) is 22.2 Å². The third kappa shape index (κ3) is 4.22. The van der Waals surface area contributed by atoms with E-state index < -0.39 is 33.6 Å². The largest absolute Gasteiger partial charge is 0.281 e. The van der Waals surface area contributed by atoms with Crippen molar-refractivity contribution in [2.75, 3.05) is 11.4 Å². The summed E-state index contributed by atoms with van der Waals surface area (Å²) in [7, 11) is -3.85. The zero-order valence-corrected chi connectivity index (χ0v) is 20.0. The van der Waals surface area contributed by atoms with Crippen LogP contribution in [0.4, 0.5) is 13.9 Å². The summed E-state index contributed by atoms with van der Waals surface area (Å²) in [6.07, 6.45) is 2.45. The predicted molar refractivity (Wildman–Crippen MR) is 126 cm³/mol. The first kappa shape index (κ1) is 23.0. The van der Waals surface area contributed by atoms with E-state index in [0.717, 1.165) is 34.8 Å². The van der Waals surface area contributed by atoms with Gasteiger partial charge in [0.1, 0.15) is 21.6 Å². The number of nitrogens with zero attached hydrogens (tertiary/aromatic N) is 4. The smallest absolute Gasteiger partial charge is 0.253 e. The average Bonchev–Trinajstić information content (AvgIpc) is 3.58. The molecule has 1 atom stereocenters. The molecule has 1 aliphatic heterocycles. The highest BCUT2D eigenvalue weighted by molar-refractivity contribution is 7.91. The lowest BCUT2D eigenvalue weighted by atomic mass is 10.2. The number of rotatable bonds is 6. The van der Waals surface area contributed by atoms with Gasteiger partial charge in [0.05, 0.1) is 16.9 Å². The molecule has 1 saturated heterocycles. The van der Waals surface area contributed by atoms with Crippen molar-refractivity contribution in [1.82, 2.24) is 14.3 Å². The summed E-state index contributed by atoms with van der Waals surface area (Å²) in [4.78, 5) is 23.7. The monoisotopic (exact) mass is 520 g/mol. The van der Waals surface area contributed by atoms with Crippen LogP contribution < -0.4 is 4.90 Å². The molecule has 0 radical (unpaired) electrons. The second-order valence-electron chi connectivity index (χ2n) is 7.68. The highest BCUT2D eigenvalue weighted by atomic mass is 32.2. The van der Waals surface area contributed by atoms with Gasteiger partial charge in [-0.05, 0) is 42.5 Å². The Morgan fingerprint density at radius 1 is 1.21 bits per heavy atom. The van der Waals surface area contributed by atoms with Crippen LogP contribution in [0.15, 0.2) is 58.3 Å². The normalized spacial score (nSPS) is 16.8. The Morgan fingerprint density at radius 2 is 2.06 bits per heavy atom. The van der Waals surface area contributed by atoms with Gasteiger partial charge in [0.15, 0.2) is 10.9 Å². The summed E-state index contributed by atoms with van der Waals surface area (Å²) in [5.74, 6) is -2.06. The zero-order valence-electron chi connectivity index (χ0n) is 17.6. The van der Waals surface area contributed by atoms with Gasteiger partial charge in [-0.2, -0.15) is 4.31 Å². The van der Waals surface area contributed by atoms with E-state index in [4.69, 9.17) is 0 Å². The van der Waals surface area contributed by atoms with Crippen molar-refractivity contribution in [2.45, 2.75) is 29.6 Å². The van der Waals surface area contributed by atoms with Crippen molar-refractivity contribution < 1.29 is 22.0 Å². The number of amides is 1. The predicted octanol–water partition coefficient (Wildman–Crippen LogP) is 4.42. The fourth-order valence-corrected chi connectivity index (χ4v) is 7.71. The van der Waals surface area contributed by atoms with E-state index in [0.29, 0.717) is 18.5 Å². The number of anilines is 1. The Morgan fingerprint density at radius 3 is 2.79 bits per heavy atom. The van der Waals surface area contributed by atoms with Gasteiger partial charge < -0.3 is 0 Å². The number of hydrogen-bond acceptors (Lipinski definition) is 7. The number of sulfonamides is 1. The number of carbonyl (C=O) groups excluding carboxylic acids is 1. The molecule has 4 aromatic rings. The molecule has 0 bridgehead atoms. The van der Waals surface area contributed by atoms with E-state index in [-0.39, 0.29) is 32.6 Å². The standard InChI is InChI=1S/C22H18F2N4O3S3/c23-14-11-16(24)20-18(12-14)33-22(26-20)27(13-15-5-1-2-8-25-15)21(29)17-6-3-9-28(17)34(30,31)19-7-4-10-32-19/h1-2,4-5,7-8,10-12,17H,3,6,9,13H2/t17-/m1/s1. The number of benzene rings is 1. The number of thiazole rings is 1. The maximum atomic E-state index is 14.3. The summed E-state index contributed by atoms with van der Waals surface area (Å²) in [5.41, 5.74) is 0.502. The van der Waals surface area contributed by atoms with Crippen LogP contribution in [0.5, 0.6) is 0 Å². The van der Waals surface area contributed by atoms with Gasteiger partial charge in [-0.1, -0.05) is 23.5 Å². The van der Waals surface area contributed by atoms with Crippen molar-refractivity contribution in [3.63, 3.8) is 0 Å². The fourth-order valence-electron chi connectivity index (χ4n) is 3.93. The number of hydrogen-bond donors (Lipinski definition) is 0. The quantitative estimate of drug-likeness (QED) is 0.376. The average molecular weight is 521 g/mol. The van der Waals surface area contributed by atoms with Gasteiger partial charge in [0.25, 0.3) is 10.0 Å². The molecule has 1 amide bonds. The lowest BCUT2D eigenvalue weighted by molar-refractivity contribution is -0.121. The number of thiophene rings is 1. The molecule has 1 fully saturated rings. The number of pyridine rings is 1. The summed E-state index contributed by atoms with van der Waals surface area (Å²) in [6, 6.07) is 9.34. The van der Waals surface area contributed by atoms with Crippen LogP contribution in [0.1, 0.15) is 18.5 Å². The van der Waals surface area contributed by atoms with Crippen LogP contribution >= 0.6 is 22.7 Å². The fraction of sp³-hybridized carbons (Fsp3) is 0.227. The molecule has 12 heteroatoms. The van der Waals surface area contributed by atoms with Crippen molar-refractivity contribution >= 4 is 54.0 Å². The van der Waals surface area contributed by atoms with E-state index in [1.165, 1.54) is 15.3 Å². The van der Waals surface area contributed by atoms with Crippen molar-refractivity contribution in [3.8, 4) is 0 Å². The Hall–Kier alpha value is -2.80. The molecule has 0 saturated carbocycles. The van der Waals surface area contributed by atoms with Crippen molar-refractivity contribution in [1.29, 1.82) is 0 Å². The summed E-state index contributed by atoms with van der Waals surface area (Å²) in [6.45, 7) is 0.223. The summed E-state index contributed by atoms with van der Waals surface area (Å²) >= 11 is 2.06. The van der Waals surface area contributed by atoms with Gasteiger partial charge in [0, 0.05) is 18.8 Å². The molecule has 7 nitrogen and oxygen atoms in total. The van der Waals surface area contributed by atoms with Gasteiger partial charge in [-0.15, -0.1) is 11.3 Å². The minimum Gasteiger partial charge on any atom is -0.281 e. The molecule has 34 heavy (non-hydrogen) atoms. The Kier molecular flexibility index (Phi) is 6.15. The highest BCUT2D eigenvalue weighted by Gasteiger charge is 2.42. The van der Waals surface area contributed by atoms with E-state index >= 15 is 0 Å². The van der Waals surface area contributed by atoms with E-state index in [1.54, 1.807) is 35.8 Å². The highest BCUT2D eigenvalue weighted by Crippen LogP contribution is 2.35. The van der Waals surface area contributed by atoms with Crippen LogP contribution in [0.2, 0.25) is 0 Å². The molecule has 4 heterocycles. The lowest BCUT2D eigenvalue weighted by Gasteiger charge is -2.28. The number of fused-ring (bicyclic) bond motifs is 1. The van der Waals surface area contributed by atoms with Crippen LogP contribution in [-0.2, 0) is 21.4 Å². The topological polar surface area (TPSA) is 83.5 Å². The molecular weight excluding hydrogens is 502 g/mol. The molecule has 176 valence electrons. The Labute approximate surface area is 202 Å². The van der Waals surface area contributed by atoms with Gasteiger partial charge in [0.2, 0.25) is 5.91 Å². The molecule has 1 aromatic carbocycles. The third-order valence-electron chi connectivity index (χ3n) is 5.49. The minimum atomic E-state index is -3.85. The van der Waals surface area contributed by atoms with Crippen LogP contribution in [0.3, 0.4) is 0 Å². The number of carbonyl (C=O) groups is 1. The first-order valence-corrected chi connectivity index (χ1v) is 13.5. The molecule has 0 spiro atoms. The van der Waals surface area contributed by atoms with Gasteiger partial charge >= 0.3 is 0 Å². The first-order chi connectivity index (χ1) is 16.3. The van der Waals surface area contributed by atoms with E-state index in [9.17, 15) is 22.0 Å². The van der Waals surface area contributed by atoms with Crippen molar-refractivity contribution in [3.05, 3.63) is 71.4 Å². The zero-order chi connectivity index (χ0) is 23.9. The second-order valence-corrected chi connectivity index (χ2v) is 11.8. The Bertz CT molecular complexity index is 1440. The number of halogens is 2. The molecule has 0 aliphatic carbocycles. The summed E-state index contributed by atoms with van der Waals surface area (Å²) < 4.78 is 56.1. The SMILES string of the molecule is O=C([C@H]1CCCN1S(=O)(=O)c1cccs1)N(Cc1ccccn1)c1nc2c(F)cc(F)cc2s1. The molecule has 0 N–H and O–H groups in total. The van der Waals surface area contributed by atoms with Crippen molar-refractivity contribution in [2.24, 2.45) is 0 Å². The Balaban J connectivity index is 1.55. The van der Waals surface area contributed by atoms with E-state index in [1.807, 2.05) is 0 Å². The van der Waals surface area contributed by atoms with Gasteiger partial charge in [-0.3, -0.25) is 14.7 Å². The number of aromatic nitrogens is 2. The molecule has 0 unspecified atom stereocenters. The minimum absolute atomic E-state index is 0.00693. The maximum absolute atomic E-state index is 14.3. The van der Waals surface area contributed by atoms with E-state index in [2.05, 4.69) is 9.97 Å². The maximum Gasteiger partial charge on any atom is 0.253 e. The third-order valence-corrected chi connectivity index (χ3v) is 9.80. The second kappa shape index (κ2) is 9.10. The first-order valence-electron chi connectivity index (χ1n) is 10.4. The molecule has 1 aliphatic rings. The van der Waals surface area contributed by atoms with Crippen LogP contribution in [0, 0.1) is 11.6 Å². The molecule has 3 aromatic heterocycles.